The number of allylic oxidation sites excluding steroid dienone is 3. The third kappa shape index (κ3) is 2.47. The molecule has 0 spiro atoms. The molecule has 0 fully saturated rings. The van der Waals surface area contributed by atoms with E-state index in [1.807, 2.05) is 24.3 Å². The molecule has 0 saturated heterocycles. The third-order valence-corrected chi connectivity index (χ3v) is 3.66. The van der Waals surface area contributed by atoms with Gasteiger partial charge in [0.05, 0.1) is 5.92 Å². The minimum Gasteiger partial charge on any atom is -0.445 e. The van der Waals surface area contributed by atoms with Crippen molar-refractivity contribution in [1.82, 2.24) is 0 Å². The topological polar surface area (TPSA) is 76.1 Å². The number of hydrogen-bond donors (Lipinski definition) is 1. The fourth-order valence-electron chi connectivity index (χ4n) is 2.36. The number of carbonyl (C=O) groups excluding carboxylic acids is 1. The molecule has 1 atom stereocenters. The van der Waals surface area contributed by atoms with Crippen LogP contribution in [-0.4, -0.2) is 5.78 Å². The molecular weight excluding hydrogens is 320 g/mol. The van der Waals surface area contributed by atoms with Gasteiger partial charge in [-0.2, -0.15) is 5.26 Å². The third-order valence-electron chi connectivity index (χ3n) is 3.17. The highest BCUT2D eigenvalue weighted by Crippen LogP contribution is 2.39. The molecule has 1 unspecified atom stereocenters. The Morgan fingerprint density at radius 3 is 2.75 bits per heavy atom. The Kier molecular flexibility index (Phi) is 3.96. The zero-order chi connectivity index (χ0) is 14.9. The predicted octanol–water partition coefficient (Wildman–Crippen LogP) is 3.12. The number of rotatable bonds is 2. The lowest BCUT2D eigenvalue weighted by Gasteiger charge is -2.26. The first-order chi connectivity index (χ1) is 9.45. The Morgan fingerprint density at radius 1 is 1.50 bits per heavy atom. The van der Waals surface area contributed by atoms with Crippen molar-refractivity contribution < 1.29 is 9.53 Å². The van der Waals surface area contributed by atoms with Gasteiger partial charge in [0.25, 0.3) is 0 Å². The van der Waals surface area contributed by atoms with Crippen molar-refractivity contribution in [3.63, 3.8) is 0 Å². The highest BCUT2D eigenvalue weighted by Gasteiger charge is 2.33. The molecule has 0 aliphatic carbocycles. The second-order valence-corrected chi connectivity index (χ2v) is 5.42. The Hall–Kier alpha value is -2.06. The molecule has 2 rings (SSSR count). The van der Waals surface area contributed by atoms with Crippen LogP contribution in [0.1, 0.15) is 25.3 Å². The number of Topliss-reactive ketones (excluding diaryl/α,β-unsaturated/α-hetero) is 1. The maximum absolute atomic E-state index is 11.9. The normalized spacial score (nSPS) is 18.6. The minimum atomic E-state index is -0.483. The van der Waals surface area contributed by atoms with Crippen LogP contribution >= 0.6 is 15.9 Å². The summed E-state index contributed by atoms with van der Waals surface area (Å²) in [6.07, 6.45) is 0. The standard InChI is InChI=1S/C15H13BrN2O2/c1-8(19)13-9(2)20-15(18)12(7-17)14(13)10-4-3-5-11(16)6-10/h3-6,14H,18H2,1-2H3. The molecule has 0 saturated carbocycles. The zero-order valence-electron chi connectivity index (χ0n) is 11.1. The number of benzene rings is 1. The molecule has 20 heavy (non-hydrogen) atoms. The summed E-state index contributed by atoms with van der Waals surface area (Å²) in [5.74, 6) is -0.115. The number of nitrogens with zero attached hydrogens (tertiary/aromatic N) is 1. The minimum absolute atomic E-state index is 0.0555. The van der Waals surface area contributed by atoms with Crippen molar-refractivity contribution in [2.45, 2.75) is 19.8 Å². The van der Waals surface area contributed by atoms with E-state index < -0.39 is 5.92 Å². The van der Waals surface area contributed by atoms with Crippen molar-refractivity contribution in [2.75, 3.05) is 0 Å². The van der Waals surface area contributed by atoms with Crippen LogP contribution in [0.2, 0.25) is 0 Å². The van der Waals surface area contributed by atoms with Crippen molar-refractivity contribution in [1.29, 1.82) is 5.26 Å². The fourth-order valence-corrected chi connectivity index (χ4v) is 2.77. The molecule has 1 aromatic rings. The lowest BCUT2D eigenvalue weighted by atomic mass is 9.81. The van der Waals surface area contributed by atoms with Gasteiger partial charge in [-0.15, -0.1) is 0 Å². The number of nitriles is 1. The Balaban J connectivity index is 2.67. The molecule has 102 valence electrons. The highest BCUT2D eigenvalue weighted by molar-refractivity contribution is 9.10. The van der Waals surface area contributed by atoms with Gasteiger partial charge >= 0.3 is 0 Å². The van der Waals surface area contributed by atoms with E-state index in [0.29, 0.717) is 11.3 Å². The first kappa shape index (κ1) is 14.4. The van der Waals surface area contributed by atoms with Crippen LogP contribution in [0.3, 0.4) is 0 Å². The number of carbonyl (C=O) groups is 1. The molecule has 0 bridgehead atoms. The molecule has 0 aromatic heterocycles. The summed E-state index contributed by atoms with van der Waals surface area (Å²) in [4.78, 5) is 11.9. The first-order valence-corrected chi connectivity index (χ1v) is 6.79. The van der Waals surface area contributed by atoms with Crippen molar-refractivity contribution >= 4 is 21.7 Å². The number of ether oxygens (including phenoxy) is 1. The molecular formula is C15H13BrN2O2. The summed E-state index contributed by atoms with van der Waals surface area (Å²) in [5.41, 5.74) is 7.34. The van der Waals surface area contributed by atoms with Crippen molar-refractivity contribution in [2.24, 2.45) is 5.73 Å². The quantitative estimate of drug-likeness (QED) is 0.902. The molecule has 1 aliphatic heterocycles. The fraction of sp³-hybridized carbons (Fsp3) is 0.200. The maximum atomic E-state index is 11.9. The zero-order valence-corrected chi connectivity index (χ0v) is 12.7. The van der Waals surface area contributed by atoms with Gasteiger partial charge < -0.3 is 10.5 Å². The predicted molar refractivity (Wildman–Crippen MR) is 78.2 cm³/mol. The molecule has 2 N–H and O–H groups in total. The average Bonchev–Trinajstić information content (AvgIpc) is 2.37. The monoisotopic (exact) mass is 332 g/mol. The van der Waals surface area contributed by atoms with Gasteiger partial charge in [0, 0.05) is 10.0 Å². The molecule has 0 radical (unpaired) electrons. The summed E-state index contributed by atoms with van der Waals surface area (Å²) >= 11 is 3.40. The van der Waals surface area contributed by atoms with E-state index in [0.717, 1.165) is 10.0 Å². The van der Waals surface area contributed by atoms with Gasteiger partial charge in [0.15, 0.2) is 5.78 Å². The van der Waals surface area contributed by atoms with Gasteiger partial charge in [-0.1, -0.05) is 28.1 Å². The summed E-state index contributed by atoms with van der Waals surface area (Å²) < 4.78 is 6.20. The van der Waals surface area contributed by atoms with Crippen LogP contribution in [0.5, 0.6) is 0 Å². The van der Waals surface area contributed by atoms with Crippen LogP contribution in [0.4, 0.5) is 0 Å². The average molecular weight is 333 g/mol. The Morgan fingerprint density at radius 2 is 2.20 bits per heavy atom. The van der Waals surface area contributed by atoms with E-state index in [1.165, 1.54) is 6.92 Å². The maximum Gasteiger partial charge on any atom is 0.205 e. The lowest BCUT2D eigenvalue weighted by Crippen LogP contribution is -2.23. The summed E-state index contributed by atoms with van der Waals surface area (Å²) in [6, 6.07) is 9.52. The van der Waals surface area contributed by atoms with Gasteiger partial charge in [-0.3, -0.25) is 4.79 Å². The smallest absolute Gasteiger partial charge is 0.205 e. The van der Waals surface area contributed by atoms with E-state index in [2.05, 4.69) is 22.0 Å². The molecule has 4 nitrogen and oxygen atoms in total. The summed E-state index contributed by atoms with van der Waals surface area (Å²) in [7, 11) is 0. The Bertz CT molecular complexity index is 683. The van der Waals surface area contributed by atoms with Gasteiger partial charge in [-0.25, -0.2) is 0 Å². The number of nitrogens with two attached hydrogens (primary N) is 1. The molecule has 1 aliphatic rings. The van der Waals surface area contributed by atoms with Crippen LogP contribution < -0.4 is 5.73 Å². The van der Waals surface area contributed by atoms with E-state index >= 15 is 0 Å². The number of halogens is 1. The summed E-state index contributed by atoms with van der Waals surface area (Å²) in [5, 5.41) is 9.33. The summed E-state index contributed by atoms with van der Waals surface area (Å²) in [6.45, 7) is 3.15. The van der Waals surface area contributed by atoms with E-state index in [4.69, 9.17) is 10.5 Å². The van der Waals surface area contributed by atoms with Crippen molar-refractivity contribution in [3.8, 4) is 6.07 Å². The van der Waals surface area contributed by atoms with E-state index in [9.17, 15) is 10.1 Å². The van der Waals surface area contributed by atoms with E-state index in [-0.39, 0.29) is 17.2 Å². The van der Waals surface area contributed by atoms with Crippen molar-refractivity contribution in [3.05, 3.63) is 57.1 Å². The molecule has 1 aromatic carbocycles. The number of hydrogen-bond acceptors (Lipinski definition) is 4. The van der Waals surface area contributed by atoms with Crippen LogP contribution in [-0.2, 0) is 9.53 Å². The highest BCUT2D eigenvalue weighted by atomic mass is 79.9. The van der Waals surface area contributed by atoms with Gasteiger partial charge in [0.1, 0.15) is 17.4 Å². The largest absolute Gasteiger partial charge is 0.445 e. The SMILES string of the molecule is CC(=O)C1=C(C)OC(N)=C(C#N)C1c1cccc(Br)c1. The second-order valence-electron chi connectivity index (χ2n) is 4.51. The van der Waals surface area contributed by atoms with Gasteiger partial charge in [0.2, 0.25) is 5.88 Å². The Labute approximate surface area is 125 Å². The lowest BCUT2D eigenvalue weighted by molar-refractivity contribution is -0.114. The van der Waals surface area contributed by atoms with Crippen LogP contribution in [0.15, 0.2) is 51.5 Å². The molecule has 0 amide bonds. The second kappa shape index (κ2) is 5.51. The van der Waals surface area contributed by atoms with Gasteiger partial charge in [-0.05, 0) is 31.5 Å². The molecule has 1 heterocycles. The molecule has 5 heteroatoms. The van der Waals surface area contributed by atoms with E-state index in [1.54, 1.807) is 6.92 Å². The number of ketones is 1. The van der Waals surface area contributed by atoms with Crippen LogP contribution in [0, 0.1) is 11.3 Å². The first-order valence-electron chi connectivity index (χ1n) is 6.00. The van der Waals surface area contributed by atoms with Crippen LogP contribution in [0.25, 0.3) is 0 Å².